The second kappa shape index (κ2) is 5.69. The number of halogens is 3. The van der Waals surface area contributed by atoms with Crippen LogP contribution in [-0.2, 0) is 0 Å². The second-order valence-corrected chi connectivity index (χ2v) is 5.65. The van der Waals surface area contributed by atoms with Crippen LogP contribution in [-0.4, -0.2) is 30.5 Å². The van der Waals surface area contributed by atoms with Crippen molar-refractivity contribution in [1.82, 2.24) is 9.97 Å². The van der Waals surface area contributed by atoms with Crippen molar-refractivity contribution in [3.05, 3.63) is 36.5 Å². The maximum absolute atomic E-state index is 12.4. The van der Waals surface area contributed by atoms with Crippen molar-refractivity contribution in [3.8, 4) is 17.2 Å². The topological polar surface area (TPSA) is 56.4 Å². The number of aromatic amines is 1. The Labute approximate surface area is 145 Å². The van der Waals surface area contributed by atoms with Gasteiger partial charge >= 0.3 is 6.36 Å². The molecule has 0 unspecified atom stereocenters. The van der Waals surface area contributed by atoms with Crippen LogP contribution in [0.1, 0.15) is 0 Å². The lowest BCUT2D eigenvalue weighted by Gasteiger charge is -2.09. The first-order valence-electron chi connectivity index (χ1n) is 7.61. The number of alkyl halides is 3. The van der Waals surface area contributed by atoms with Crippen molar-refractivity contribution in [2.45, 2.75) is 6.36 Å². The molecule has 2 heterocycles. The van der Waals surface area contributed by atoms with Gasteiger partial charge in [-0.25, -0.2) is 0 Å². The third-order valence-electron chi connectivity index (χ3n) is 4.15. The molecule has 2 aromatic carbocycles. The van der Waals surface area contributed by atoms with Crippen LogP contribution in [0.3, 0.4) is 0 Å². The summed E-state index contributed by atoms with van der Waals surface area (Å²) in [5.41, 5.74) is 1.94. The lowest BCUT2D eigenvalue weighted by molar-refractivity contribution is -0.274. The number of nitrogens with zero attached hydrogens (tertiary/aromatic N) is 1. The molecule has 4 rings (SSSR count). The summed E-state index contributed by atoms with van der Waals surface area (Å²) < 4.78 is 51.9. The Bertz CT molecular complexity index is 1140. The molecule has 0 saturated heterocycles. The van der Waals surface area contributed by atoms with Crippen LogP contribution in [0.5, 0.6) is 17.2 Å². The number of hydrogen-bond donors (Lipinski definition) is 1. The Morgan fingerprint density at radius 2 is 1.65 bits per heavy atom. The van der Waals surface area contributed by atoms with Crippen molar-refractivity contribution < 1.29 is 27.4 Å². The first-order chi connectivity index (χ1) is 12.4. The molecule has 5 nitrogen and oxygen atoms in total. The van der Waals surface area contributed by atoms with Gasteiger partial charge in [-0.1, -0.05) is 0 Å². The van der Waals surface area contributed by atoms with E-state index in [1.165, 1.54) is 26.4 Å². The van der Waals surface area contributed by atoms with Gasteiger partial charge in [0, 0.05) is 34.5 Å². The molecule has 134 valence electrons. The number of hydrogen-bond acceptors (Lipinski definition) is 4. The number of fused-ring (bicyclic) bond motifs is 5. The Morgan fingerprint density at radius 1 is 0.923 bits per heavy atom. The fourth-order valence-electron chi connectivity index (χ4n) is 3.05. The fraction of sp³-hybridized carbons (Fsp3) is 0.167. The average Bonchev–Trinajstić information content (AvgIpc) is 2.97. The number of methoxy groups -OCH3 is 2. The van der Waals surface area contributed by atoms with Gasteiger partial charge in [0.05, 0.1) is 30.8 Å². The zero-order chi connectivity index (χ0) is 18.5. The molecule has 0 spiro atoms. The molecule has 0 bridgehead atoms. The van der Waals surface area contributed by atoms with Gasteiger partial charge < -0.3 is 19.2 Å². The summed E-state index contributed by atoms with van der Waals surface area (Å²) in [4.78, 5) is 7.58. The SMILES string of the molecule is COc1cc2ncc3c4ccc(OC(F)(F)F)cc4[nH]c3c2cc1OC. The number of H-pyrrole nitrogens is 1. The molecule has 8 heteroatoms. The highest BCUT2D eigenvalue weighted by Crippen LogP contribution is 2.37. The summed E-state index contributed by atoms with van der Waals surface area (Å²) in [6.07, 6.45) is -3.06. The highest BCUT2D eigenvalue weighted by atomic mass is 19.4. The molecule has 2 aromatic heterocycles. The predicted octanol–water partition coefficient (Wildman–Crippen LogP) is 4.79. The predicted molar refractivity (Wildman–Crippen MR) is 90.9 cm³/mol. The Balaban J connectivity index is 1.97. The van der Waals surface area contributed by atoms with E-state index in [1.54, 1.807) is 24.4 Å². The van der Waals surface area contributed by atoms with Gasteiger partial charge in [0.1, 0.15) is 5.75 Å². The molecular weight excluding hydrogens is 349 g/mol. The molecule has 0 fully saturated rings. The van der Waals surface area contributed by atoms with Gasteiger partial charge in [0.2, 0.25) is 0 Å². The number of nitrogens with one attached hydrogen (secondary N) is 1. The third-order valence-corrected chi connectivity index (χ3v) is 4.15. The smallest absolute Gasteiger partial charge is 0.493 e. The van der Waals surface area contributed by atoms with Crippen molar-refractivity contribution in [2.24, 2.45) is 0 Å². The zero-order valence-corrected chi connectivity index (χ0v) is 13.8. The van der Waals surface area contributed by atoms with Crippen molar-refractivity contribution in [2.75, 3.05) is 14.2 Å². The Hall–Kier alpha value is -3.16. The van der Waals surface area contributed by atoms with E-state index in [4.69, 9.17) is 9.47 Å². The number of rotatable bonds is 3. The standard InChI is InChI=1S/C18H13F3N2O3/c1-24-15-6-11-13(7-16(15)25-2)22-8-12-10-4-3-9(26-18(19,20)21)5-14(10)23-17(11)12/h3-8,23H,1-2H3. The lowest BCUT2D eigenvalue weighted by Crippen LogP contribution is -2.16. The first-order valence-corrected chi connectivity index (χ1v) is 7.61. The molecule has 0 saturated carbocycles. The van der Waals surface area contributed by atoms with Gasteiger partial charge in [0.15, 0.2) is 11.5 Å². The maximum atomic E-state index is 12.4. The maximum Gasteiger partial charge on any atom is 0.573 e. The highest BCUT2D eigenvalue weighted by Gasteiger charge is 2.31. The van der Waals surface area contributed by atoms with E-state index in [0.29, 0.717) is 22.5 Å². The van der Waals surface area contributed by atoms with Crippen LogP contribution in [0.2, 0.25) is 0 Å². The van der Waals surface area contributed by atoms with Crippen molar-refractivity contribution in [1.29, 1.82) is 0 Å². The number of aromatic nitrogens is 2. The minimum Gasteiger partial charge on any atom is -0.493 e. The third kappa shape index (κ3) is 2.63. The number of pyridine rings is 1. The molecule has 26 heavy (non-hydrogen) atoms. The lowest BCUT2D eigenvalue weighted by atomic mass is 10.1. The molecule has 4 aromatic rings. The van der Waals surface area contributed by atoms with E-state index in [2.05, 4.69) is 14.7 Å². The van der Waals surface area contributed by atoms with Crippen LogP contribution in [0.25, 0.3) is 32.7 Å². The van der Waals surface area contributed by atoms with Crippen LogP contribution in [0.4, 0.5) is 13.2 Å². The molecule has 1 N–H and O–H groups in total. The van der Waals surface area contributed by atoms with E-state index < -0.39 is 6.36 Å². The van der Waals surface area contributed by atoms with Crippen LogP contribution in [0, 0.1) is 0 Å². The largest absolute Gasteiger partial charge is 0.573 e. The van der Waals surface area contributed by atoms with E-state index in [9.17, 15) is 13.2 Å². The Morgan fingerprint density at radius 3 is 2.35 bits per heavy atom. The molecule has 0 aliphatic carbocycles. The number of benzene rings is 2. The fourth-order valence-corrected chi connectivity index (χ4v) is 3.05. The first kappa shape index (κ1) is 16.3. The zero-order valence-electron chi connectivity index (χ0n) is 13.8. The summed E-state index contributed by atoms with van der Waals surface area (Å²) in [7, 11) is 3.07. The number of ether oxygens (including phenoxy) is 3. The van der Waals surface area contributed by atoms with Gasteiger partial charge in [-0.3, -0.25) is 4.98 Å². The molecule has 0 aliphatic rings. The monoisotopic (exact) mass is 362 g/mol. The molecule has 0 aliphatic heterocycles. The van der Waals surface area contributed by atoms with E-state index in [1.807, 2.05) is 0 Å². The van der Waals surface area contributed by atoms with E-state index in [-0.39, 0.29) is 5.75 Å². The summed E-state index contributed by atoms with van der Waals surface area (Å²) in [6.45, 7) is 0. The second-order valence-electron chi connectivity index (χ2n) is 5.65. The summed E-state index contributed by atoms with van der Waals surface area (Å²) in [5.74, 6) is 0.797. The van der Waals surface area contributed by atoms with Crippen molar-refractivity contribution in [3.63, 3.8) is 0 Å². The molecule has 0 radical (unpaired) electrons. The van der Waals surface area contributed by atoms with E-state index >= 15 is 0 Å². The average molecular weight is 362 g/mol. The van der Waals surface area contributed by atoms with Gasteiger partial charge in [-0.2, -0.15) is 0 Å². The van der Waals surface area contributed by atoms with E-state index in [0.717, 1.165) is 21.7 Å². The van der Waals surface area contributed by atoms with Gasteiger partial charge in [-0.15, -0.1) is 13.2 Å². The van der Waals surface area contributed by atoms with Gasteiger partial charge in [0.25, 0.3) is 0 Å². The Kier molecular flexibility index (Phi) is 3.57. The quantitative estimate of drug-likeness (QED) is 0.570. The molecular formula is C18H13F3N2O3. The summed E-state index contributed by atoms with van der Waals surface area (Å²) >= 11 is 0. The molecule has 0 atom stereocenters. The minimum atomic E-state index is -4.74. The minimum absolute atomic E-state index is 0.284. The van der Waals surface area contributed by atoms with Crippen LogP contribution >= 0.6 is 0 Å². The summed E-state index contributed by atoms with van der Waals surface area (Å²) in [5, 5.41) is 2.31. The van der Waals surface area contributed by atoms with Crippen LogP contribution < -0.4 is 14.2 Å². The van der Waals surface area contributed by atoms with Crippen molar-refractivity contribution >= 4 is 32.7 Å². The summed E-state index contributed by atoms with van der Waals surface area (Å²) in [6, 6.07) is 7.70. The van der Waals surface area contributed by atoms with Gasteiger partial charge in [-0.05, 0) is 18.2 Å². The van der Waals surface area contributed by atoms with Crippen LogP contribution in [0.15, 0.2) is 36.5 Å². The molecule has 0 amide bonds. The highest BCUT2D eigenvalue weighted by molar-refractivity contribution is 6.16. The normalized spacial score (nSPS) is 12.0.